The van der Waals surface area contributed by atoms with Crippen molar-refractivity contribution in [1.29, 1.82) is 0 Å². The van der Waals surface area contributed by atoms with Gasteiger partial charge in [0.2, 0.25) is 17.5 Å². The molecular weight excluding hydrogens is 290 g/mol. The summed E-state index contributed by atoms with van der Waals surface area (Å²) in [6, 6.07) is 6.98. The monoisotopic (exact) mass is 303 g/mol. The maximum atomic E-state index is 12.2. The van der Waals surface area contributed by atoms with Crippen LogP contribution in [-0.2, 0) is 9.59 Å². The van der Waals surface area contributed by atoms with Gasteiger partial charge in [-0.2, -0.15) is 0 Å². The highest BCUT2D eigenvalue weighted by Gasteiger charge is 2.58. The molecule has 6 nitrogen and oxygen atoms in total. The van der Waals surface area contributed by atoms with Gasteiger partial charge < -0.3 is 10.5 Å². The number of amidine groups is 1. The Bertz CT molecular complexity index is 704. The molecule has 3 aliphatic heterocycles. The second kappa shape index (κ2) is 4.00. The van der Waals surface area contributed by atoms with E-state index in [1.54, 1.807) is 11.8 Å². The highest BCUT2D eigenvalue weighted by atomic mass is 32.2. The molecule has 1 saturated heterocycles. The number of carbonyl (C=O) groups is 2. The number of fused-ring (bicyclic) bond motifs is 6. The number of amides is 2. The lowest BCUT2D eigenvalue weighted by atomic mass is 9.80. The zero-order valence-corrected chi connectivity index (χ0v) is 12.1. The van der Waals surface area contributed by atoms with Crippen molar-refractivity contribution in [3.8, 4) is 5.75 Å². The van der Waals surface area contributed by atoms with Crippen LogP contribution < -0.4 is 10.5 Å². The average Bonchev–Trinajstić information content (AvgIpc) is 2.77. The van der Waals surface area contributed by atoms with Crippen molar-refractivity contribution in [1.82, 2.24) is 4.90 Å². The maximum absolute atomic E-state index is 12.2. The lowest BCUT2D eigenvalue weighted by molar-refractivity contribution is -0.140. The molecule has 2 bridgehead atoms. The molecule has 7 heteroatoms. The number of para-hydroxylation sites is 1. The van der Waals surface area contributed by atoms with E-state index in [9.17, 15) is 9.59 Å². The zero-order valence-electron chi connectivity index (χ0n) is 11.3. The third kappa shape index (κ3) is 1.58. The summed E-state index contributed by atoms with van der Waals surface area (Å²) >= 11 is 1.37. The number of ether oxygens (including phenoxy) is 1. The second-order valence-corrected chi connectivity index (χ2v) is 6.41. The van der Waals surface area contributed by atoms with Crippen molar-refractivity contribution in [3.05, 3.63) is 29.8 Å². The van der Waals surface area contributed by atoms with Gasteiger partial charge in [-0.1, -0.05) is 30.0 Å². The Morgan fingerprint density at radius 3 is 3.05 bits per heavy atom. The van der Waals surface area contributed by atoms with Crippen molar-refractivity contribution >= 4 is 28.7 Å². The molecule has 4 rings (SSSR count). The Labute approximate surface area is 125 Å². The SMILES string of the molecule is CC12N=C3SCC(=O)N3C(c3ccccc3O1)C2C(N)=O. The van der Waals surface area contributed by atoms with Crippen LogP contribution in [-0.4, -0.2) is 33.4 Å². The van der Waals surface area contributed by atoms with Gasteiger partial charge in [0.05, 0.1) is 11.8 Å². The van der Waals surface area contributed by atoms with Crippen LogP contribution in [0.2, 0.25) is 0 Å². The van der Waals surface area contributed by atoms with Crippen LogP contribution in [0.25, 0.3) is 0 Å². The molecule has 0 spiro atoms. The molecule has 1 aromatic carbocycles. The molecule has 1 aromatic rings. The zero-order chi connectivity index (χ0) is 14.8. The number of nitrogens with zero attached hydrogens (tertiary/aromatic N) is 2. The van der Waals surface area contributed by atoms with Gasteiger partial charge in [0.1, 0.15) is 11.7 Å². The molecule has 3 aliphatic rings. The predicted molar refractivity (Wildman–Crippen MR) is 77.6 cm³/mol. The van der Waals surface area contributed by atoms with Crippen LogP contribution in [0.4, 0.5) is 0 Å². The summed E-state index contributed by atoms with van der Waals surface area (Å²) in [6.45, 7) is 1.75. The molecule has 3 unspecified atom stereocenters. The summed E-state index contributed by atoms with van der Waals surface area (Å²) in [6.07, 6.45) is 0. The van der Waals surface area contributed by atoms with Crippen LogP contribution >= 0.6 is 11.8 Å². The standard InChI is InChI=1S/C14H13N3O3S/c1-14-10(12(15)19)11(7-4-2-3-5-8(7)20-14)17-9(18)6-21-13(17)16-14/h2-5,10-11H,6H2,1H3,(H2,15,19). The molecule has 3 atom stereocenters. The van der Waals surface area contributed by atoms with E-state index in [0.29, 0.717) is 16.7 Å². The fourth-order valence-corrected chi connectivity index (χ4v) is 4.29. The first-order chi connectivity index (χ1) is 10.0. The predicted octanol–water partition coefficient (Wildman–Crippen LogP) is 0.883. The van der Waals surface area contributed by atoms with Crippen LogP contribution in [0.15, 0.2) is 29.3 Å². The molecule has 2 N–H and O–H groups in total. The number of carbonyl (C=O) groups excluding carboxylic acids is 2. The normalized spacial score (nSPS) is 32.9. The number of primary amides is 1. The lowest BCUT2D eigenvalue weighted by Gasteiger charge is -2.49. The van der Waals surface area contributed by atoms with Gasteiger partial charge in [0.15, 0.2) is 5.17 Å². The van der Waals surface area contributed by atoms with Gasteiger partial charge >= 0.3 is 0 Å². The lowest BCUT2D eigenvalue weighted by Crippen LogP contribution is -2.60. The van der Waals surface area contributed by atoms with Crippen molar-refractivity contribution in [3.63, 3.8) is 0 Å². The van der Waals surface area contributed by atoms with Crippen LogP contribution in [0.3, 0.4) is 0 Å². The Balaban J connectivity index is 1.99. The first-order valence-corrected chi connectivity index (χ1v) is 7.62. The Morgan fingerprint density at radius 2 is 2.29 bits per heavy atom. The molecule has 1 fully saturated rings. The topological polar surface area (TPSA) is 85.0 Å². The summed E-state index contributed by atoms with van der Waals surface area (Å²) in [5.74, 6) is -0.272. The van der Waals surface area contributed by atoms with E-state index in [4.69, 9.17) is 10.5 Å². The Morgan fingerprint density at radius 1 is 1.52 bits per heavy atom. The van der Waals surface area contributed by atoms with E-state index in [2.05, 4.69) is 4.99 Å². The average molecular weight is 303 g/mol. The summed E-state index contributed by atoms with van der Waals surface area (Å²) < 4.78 is 5.97. The number of thioether (sulfide) groups is 1. The van der Waals surface area contributed by atoms with Crippen LogP contribution in [0.1, 0.15) is 18.5 Å². The van der Waals surface area contributed by atoms with E-state index in [1.807, 2.05) is 24.3 Å². The van der Waals surface area contributed by atoms with E-state index in [-0.39, 0.29) is 5.91 Å². The quantitative estimate of drug-likeness (QED) is 0.834. The number of hydrogen-bond acceptors (Lipinski definition) is 5. The minimum Gasteiger partial charge on any atom is -0.465 e. The number of benzene rings is 1. The smallest absolute Gasteiger partial charge is 0.239 e. The largest absolute Gasteiger partial charge is 0.465 e. The van der Waals surface area contributed by atoms with Crippen molar-refractivity contribution in [2.24, 2.45) is 16.6 Å². The Kier molecular flexibility index (Phi) is 2.42. The first-order valence-electron chi connectivity index (χ1n) is 6.63. The van der Waals surface area contributed by atoms with Crippen LogP contribution in [0, 0.1) is 5.92 Å². The molecule has 2 amide bonds. The van der Waals surface area contributed by atoms with Gasteiger partial charge in [0, 0.05) is 5.56 Å². The van der Waals surface area contributed by atoms with E-state index >= 15 is 0 Å². The molecule has 108 valence electrons. The fourth-order valence-electron chi connectivity index (χ4n) is 3.30. The van der Waals surface area contributed by atoms with Crippen LogP contribution in [0.5, 0.6) is 5.75 Å². The van der Waals surface area contributed by atoms with Gasteiger partial charge in [-0.15, -0.1) is 0 Å². The number of nitrogens with two attached hydrogens (primary N) is 1. The number of aliphatic imine (C=N–C) groups is 1. The molecule has 0 aliphatic carbocycles. The highest BCUT2D eigenvalue weighted by Crippen LogP contribution is 2.52. The van der Waals surface area contributed by atoms with Gasteiger partial charge in [-0.3, -0.25) is 14.5 Å². The molecule has 0 saturated carbocycles. The first kappa shape index (κ1) is 12.7. The van der Waals surface area contributed by atoms with Gasteiger partial charge in [-0.25, -0.2) is 4.99 Å². The number of rotatable bonds is 1. The minimum atomic E-state index is -1.06. The van der Waals surface area contributed by atoms with E-state index in [1.165, 1.54) is 11.8 Å². The van der Waals surface area contributed by atoms with Crippen molar-refractivity contribution < 1.29 is 14.3 Å². The summed E-state index contributed by atoms with van der Waals surface area (Å²) in [7, 11) is 0. The summed E-state index contributed by atoms with van der Waals surface area (Å²) in [4.78, 5) is 30.3. The highest BCUT2D eigenvalue weighted by molar-refractivity contribution is 8.15. The minimum absolute atomic E-state index is 0.0475. The molecule has 0 aromatic heterocycles. The van der Waals surface area contributed by atoms with Gasteiger partial charge in [-0.05, 0) is 13.0 Å². The second-order valence-electron chi connectivity index (χ2n) is 5.47. The van der Waals surface area contributed by atoms with Crippen molar-refractivity contribution in [2.45, 2.75) is 18.7 Å². The third-order valence-corrected chi connectivity index (χ3v) is 5.09. The van der Waals surface area contributed by atoms with E-state index in [0.717, 1.165) is 5.56 Å². The summed E-state index contributed by atoms with van der Waals surface area (Å²) in [5.41, 5.74) is 5.34. The third-order valence-electron chi connectivity index (χ3n) is 4.15. The Hall–Kier alpha value is -2.02. The molecular formula is C14H13N3O3S. The molecule has 21 heavy (non-hydrogen) atoms. The maximum Gasteiger partial charge on any atom is 0.239 e. The molecule has 3 heterocycles. The summed E-state index contributed by atoms with van der Waals surface area (Å²) in [5, 5.41) is 0.611. The fraction of sp³-hybridized carbons (Fsp3) is 0.357. The number of hydrogen-bond donors (Lipinski definition) is 1. The van der Waals surface area contributed by atoms with E-state index < -0.39 is 23.6 Å². The van der Waals surface area contributed by atoms with Gasteiger partial charge in [0.25, 0.3) is 0 Å². The molecule has 0 radical (unpaired) electrons. The van der Waals surface area contributed by atoms with Crippen molar-refractivity contribution in [2.75, 3.05) is 5.75 Å².